The molecule has 0 bridgehead atoms. The van der Waals surface area contributed by atoms with E-state index >= 15 is 0 Å². The van der Waals surface area contributed by atoms with Crippen LogP contribution in [0.3, 0.4) is 0 Å². The summed E-state index contributed by atoms with van der Waals surface area (Å²) in [6.45, 7) is 0.725. The minimum Gasteiger partial charge on any atom is -0.485 e. The summed E-state index contributed by atoms with van der Waals surface area (Å²) in [7, 11) is 3.50. The number of carbonyl (C=O) groups excluding carboxylic acids is 2. The van der Waals surface area contributed by atoms with E-state index in [-0.39, 0.29) is 17.9 Å². The summed E-state index contributed by atoms with van der Waals surface area (Å²) in [5, 5.41) is 3.36. The maximum absolute atomic E-state index is 12.5. The van der Waals surface area contributed by atoms with Gasteiger partial charge in [0.25, 0.3) is 5.91 Å². The van der Waals surface area contributed by atoms with Crippen molar-refractivity contribution < 1.29 is 14.3 Å². The molecular formula is C27H27N5O3. The number of nitrogens with zero attached hydrogens (tertiary/aromatic N) is 4. The van der Waals surface area contributed by atoms with E-state index in [2.05, 4.69) is 15.3 Å². The van der Waals surface area contributed by atoms with Gasteiger partial charge in [-0.15, -0.1) is 0 Å². The molecule has 1 saturated heterocycles. The number of amides is 2. The molecule has 1 unspecified atom stereocenters. The molecule has 3 aromatic rings. The summed E-state index contributed by atoms with van der Waals surface area (Å²) in [5.41, 5.74) is 5.27. The van der Waals surface area contributed by atoms with Crippen LogP contribution in [0.25, 0.3) is 11.1 Å². The van der Waals surface area contributed by atoms with Crippen LogP contribution < -0.4 is 15.0 Å². The average molecular weight is 470 g/mol. The zero-order valence-corrected chi connectivity index (χ0v) is 19.8. The molecule has 1 atom stereocenters. The summed E-state index contributed by atoms with van der Waals surface area (Å²) in [6, 6.07) is 9.62. The van der Waals surface area contributed by atoms with E-state index in [0.717, 1.165) is 59.6 Å². The Kier molecular flexibility index (Phi) is 5.16. The van der Waals surface area contributed by atoms with E-state index in [4.69, 9.17) is 4.74 Å². The number of anilines is 3. The van der Waals surface area contributed by atoms with E-state index in [1.165, 1.54) is 0 Å². The van der Waals surface area contributed by atoms with Gasteiger partial charge < -0.3 is 19.9 Å². The van der Waals surface area contributed by atoms with Crippen molar-refractivity contribution in [1.29, 1.82) is 0 Å². The van der Waals surface area contributed by atoms with Crippen LogP contribution in [0.1, 0.15) is 47.7 Å². The number of fused-ring (bicyclic) bond motifs is 3. The summed E-state index contributed by atoms with van der Waals surface area (Å²) in [5.74, 6) is 1.98. The third-order valence-corrected chi connectivity index (χ3v) is 6.85. The molecule has 2 aromatic heterocycles. The van der Waals surface area contributed by atoms with E-state index in [9.17, 15) is 9.59 Å². The van der Waals surface area contributed by atoms with Gasteiger partial charge in [0.05, 0.1) is 23.8 Å². The molecule has 1 saturated carbocycles. The molecule has 2 aliphatic heterocycles. The van der Waals surface area contributed by atoms with Gasteiger partial charge >= 0.3 is 0 Å². The number of ether oxygens (including phenoxy) is 1. The van der Waals surface area contributed by atoms with Crippen molar-refractivity contribution >= 4 is 29.0 Å². The van der Waals surface area contributed by atoms with Gasteiger partial charge in [0.15, 0.2) is 0 Å². The summed E-state index contributed by atoms with van der Waals surface area (Å²) in [4.78, 5) is 37.0. The fourth-order valence-corrected chi connectivity index (χ4v) is 4.90. The van der Waals surface area contributed by atoms with Crippen molar-refractivity contribution in [3.05, 3.63) is 60.0 Å². The van der Waals surface area contributed by atoms with Crippen LogP contribution in [-0.2, 0) is 4.79 Å². The molecule has 1 N–H and O–H groups in total. The maximum atomic E-state index is 12.5. The normalized spacial score (nSPS) is 18.5. The Hall–Kier alpha value is -3.94. The molecule has 4 heterocycles. The van der Waals surface area contributed by atoms with Crippen LogP contribution in [0.2, 0.25) is 0 Å². The number of hydrogen-bond acceptors (Lipinski definition) is 6. The molecule has 1 aromatic carbocycles. The number of nitrogens with one attached hydrogen (secondary N) is 1. The van der Waals surface area contributed by atoms with Gasteiger partial charge in [0.2, 0.25) is 5.91 Å². The fourth-order valence-electron chi connectivity index (χ4n) is 4.90. The Balaban J connectivity index is 1.32. The standard InChI is InChI=1S/C27H27N5O3/c1-31(2)27(34)17-7-8-20-22-15-29-24(12-21(22)26(16-5-6-16)35-23(20)10-17)30-18-11-19(14-28-13-18)32-9-3-4-25(32)33/h7-8,10-16,26H,3-6,9H2,1-2H3,(H,29,30). The maximum Gasteiger partial charge on any atom is 0.253 e. The monoisotopic (exact) mass is 469 g/mol. The van der Waals surface area contributed by atoms with E-state index < -0.39 is 0 Å². The fraction of sp³-hybridized carbons (Fsp3) is 0.333. The van der Waals surface area contributed by atoms with Crippen LogP contribution in [0, 0.1) is 5.92 Å². The van der Waals surface area contributed by atoms with Gasteiger partial charge in [-0.1, -0.05) is 0 Å². The first-order chi connectivity index (χ1) is 17.0. The second-order valence-electron chi connectivity index (χ2n) is 9.65. The van der Waals surface area contributed by atoms with Crippen molar-refractivity contribution in [2.75, 3.05) is 30.9 Å². The van der Waals surface area contributed by atoms with Crippen molar-refractivity contribution in [3.8, 4) is 16.9 Å². The molecule has 178 valence electrons. The van der Waals surface area contributed by atoms with Gasteiger partial charge in [-0.2, -0.15) is 0 Å². The minimum atomic E-state index is -0.0718. The second kappa shape index (κ2) is 8.37. The van der Waals surface area contributed by atoms with Crippen molar-refractivity contribution in [2.24, 2.45) is 5.92 Å². The third kappa shape index (κ3) is 3.99. The van der Waals surface area contributed by atoms with Crippen molar-refractivity contribution in [1.82, 2.24) is 14.9 Å². The highest BCUT2D eigenvalue weighted by Crippen LogP contribution is 2.51. The molecule has 0 spiro atoms. The van der Waals surface area contributed by atoms with Gasteiger partial charge in [0.1, 0.15) is 17.7 Å². The first-order valence-corrected chi connectivity index (χ1v) is 12.0. The predicted molar refractivity (Wildman–Crippen MR) is 133 cm³/mol. The van der Waals surface area contributed by atoms with E-state index in [0.29, 0.717) is 23.7 Å². The summed E-state index contributed by atoms with van der Waals surface area (Å²) >= 11 is 0. The lowest BCUT2D eigenvalue weighted by Gasteiger charge is -2.29. The predicted octanol–water partition coefficient (Wildman–Crippen LogP) is 4.56. The van der Waals surface area contributed by atoms with Gasteiger partial charge in [-0.05, 0) is 49.6 Å². The van der Waals surface area contributed by atoms with Gasteiger partial charge in [0, 0.05) is 61.4 Å². The van der Waals surface area contributed by atoms with Gasteiger partial charge in [-0.3, -0.25) is 14.6 Å². The molecular weight excluding hydrogens is 442 g/mol. The molecule has 2 amide bonds. The number of carbonyl (C=O) groups is 2. The summed E-state index contributed by atoms with van der Waals surface area (Å²) in [6.07, 6.45) is 8.96. The molecule has 8 nitrogen and oxygen atoms in total. The van der Waals surface area contributed by atoms with Crippen LogP contribution in [0.15, 0.2) is 48.9 Å². The third-order valence-electron chi connectivity index (χ3n) is 6.85. The first-order valence-electron chi connectivity index (χ1n) is 12.0. The topological polar surface area (TPSA) is 87.7 Å². The molecule has 1 aliphatic carbocycles. The lowest BCUT2D eigenvalue weighted by atomic mass is 9.91. The van der Waals surface area contributed by atoms with Crippen LogP contribution in [0.5, 0.6) is 5.75 Å². The van der Waals surface area contributed by atoms with E-state index in [1.807, 2.05) is 36.5 Å². The quantitative estimate of drug-likeness (QED) is 0.590. The van der Waals surface area contributed by atoms with Gasteiger partial charge in [-0.25, -0.2) is 4.98 Å². The summed E-state index contributed by atoms with van der Waals surface area (Å²) < 4.78 is 6.47. The highest BCUT2D eigenvalue weighted by molar-refractivity contribution is 5.96. The van der Waals surface area contributed by atoms with Crippen molar-refractivity contribution in [3.63, 3.8) is 0 Å². The molecule has 3 aliphatic rings. The highest BCUT2D eigenvalue weighted by Gasteiger charge is 2.39. The number of aromatic nitrogens is 2. The van der Waals surface area contributed by atoms with Crippen LogP contribution in [0.4, 0.5) is 17.2 Å². The number of rotatable bonds is 5. The Labute approximate surface area is 203 Å². The lowest BCUT2D eigenvalue weighted by Crippen LogP contribution is -2.23. The molecule has 6 rings (SSSR count). The Morgan fingerprint density at radius 3 is 2.71 bits per heavy atom. The molecule has 2 fully saturated rings. The first kappa shape index (κ1) is 21.6. The largest absolute Gasteiger partial charge is 0.485 e. The van der Waals surface area contributed by atoms with Crippen LogP contribution >= 0.6 is 0 Å². The Morgan fingerprint density at radius 1 is 1.11 bits per heavy atom. The Morgan fingerprint density at radius 2 is 1.97 bits per heavy atom. The zero-order chi connectivity index (χ0) is 24.1. The number of benzene rings is 1. The highest BCUT2D eigenvalue weighted by atomic mass is 16.5. The SMILES string of the molecule is CN(C)C(=O)c1ccc2c(c1)OC(C1CC1)c1cc(Nc3cncc(N4CCCC4=O)c3)ncc1-2. The average Bonchev–Trinajstić information content (AvgIpc) is 3.62. The smallest absolute Gasteiger partial charge is 0.253 e. The molecule has 8 heteroatoms. The zero-order valence-electron chi connectivity index (χ0n) is 19.8. The Bertz CT molecular complexity index is 1330. The minimum absolute atomic E-state index is 0.0469. The number of hydrogen-bond donors (Lipinski definition) is 1. The van der Waals surface area contributed by atoms with Crippen LogP contribution in [-0.4, -0.2) is 47.3 Å². The van der Waals surface area contributed by atoms with Crippen molar-refractivity contribution in [2.45, 2.75) is 31.8 Å². The molecule has 35 heavy (non-hydrogen) atoms. The second-order valence-corrected chi connectivity index (χ2v) is 9.65. The van der Waals surface area contributed by atoms with E-state index in [1.54, 1.807) is 36.3 Å². The lowest BCUT2D eigenvalue weighted by molar-refractivity contribution is -0.117. The number of pyridine rings is 2. The molecule has 0 radical (unpaired) electrons.